The Hall–Kier alpha value is -2.36. The Kier molecular flexibility index (Phi) is 3.37. The van der Waals surface area contributed by atoms with Gasteiger partial charge >= 0.3 is 5.97 Å². The van der Waals surface area contributed by atoms with E-state index >= 15 is 0 Å². The van der Waals surface area contributed by atoms with E-state index in [0.29, 0.717) is 0 Å². The number of hydrogen-bond acceptors (Lipinski definition) is 3. The number of carbonyl (C=O) groups is 1. The Morgan fingerprint density at radius 3 is 2.35 bits per heavy atom. The van der Waals surface area contributed by atoms with Crippen LogP contribution in [0, 0.1) is 0 Å². The smallest absolute Gasteiger partial charge is 0.354 e. The first kappa shape index (κ1) is 12.7. The lowest BCUT2D eigenvalue weighted by Crippen LogP contribution is -2.26. The lowest BCUT2D eigenvalue weighted by molar-refractivity contribution is 0.0690. The summed E-state index contributed by atoms with van der Waals surface area (Å²) in [6.45, 7) is 1.81. The molecule has 0 saturated heterocycles. The van der Waals surface area contributed by atoms with Gasteiger partial charge in [0.25, 0.3) is 0 Å². The highest BCUT2D eigenvalue weighted by molar-refractivity contribution is 5.86. The molecule has 4 nitrogen and oxygen atoms in total. The molecule has 0 atom stereocenters. The van der Waals surface area contributed by atoms with Crippen LogP contribution in [0.1, 0.15) is 21.6 Å². The average Bonchev–Trinajstić information content (AvgIpc) is 2.70. The van der Waals surface area contributed by atoms with Crippen molar-refractivity contribution in [1.82, 2.24) is 4.98 Å². The highest BCUT2D eigenvalue weighted by atomic mass is 16.4. The Labute approximate surface area is 117 Å². The number of pyridine rings is 1. The van der Waals surface area contributed by atoms with Gasteiger partial charge < -0.3 is 10.0 Å². The third-order valence-electron chi connectivity index (χ3n) is 3.75. The molecule has 0 unspecified atom stereocenters. The second-order valence-electron chi connectivity index (χ2n) is 4.96. The van der Waals surface area contributed by atoms with E-state index in [4.69, 9.17) is 5.11 Å². The molecule has 102 valence electrons. The van der Waals surface area contributed by atoms with Crippen molar-refractivity contribution in [3.8, 4) is 0 Å². The fourth-order valence-electron chi connectivity index (χ4n) is 2.66. The average molecular weight is 268 g/mol. The van der Waals surface area contributed by atoms with Gasteiger partial charge in [0.15, 0.2) is 0 Å². The lowest BCUT2D eigenvalue weighted by atomic mass is 10.0. The van der Waals surface area contributed by atoms with Crippen LogP contribution >= 0.6 is 0 Å². The Balaban J connectivity index is 1.83. The Bertz CT molecular complexity index is 613. The second-order valence-corrected chi connectivity index (χ2v) is 4.96. The number of hydrogen-bond donors (Lipinski definition) is 1. The molecule has 1 N–H and O–H groups in total. The fourth-order valence-corrected chi connectivity index (χ4v) is 2.66. The highest BCUT2D eigenvalue weighted by Crippen LogP contribution is 2.21. The number of nitrogens with zero attached hydrogens (tertiary/aromatic N) is 2. The van der Waals surface area contributed by atoms with Crippen molar-refractivity contribution in [2.24, 2.45) is 0 Å². The molecule has 1 aromatic carbocycles. The van der Waals surface area contributed by atoms with Gasteiger partial charge in [0, 0.05) is 25.0 Å². The second kappa shape index (κ2) is 5.33. The summed E-state index contributed by atoms with van der Waals surface area (Å²) >= 11 is 0. The zero-order valence-corrected chi connectivity index (χ0v) is 11.1. The van der Waals surface area contributed by atoms with Crippen LogP contribution in [0.3, 0.4) is 0 Å². The summed E-state index contributed by atoms with van der Waals surface area (Å²) in [5.74, 6) is -0.982. The van der Waals surface area contributed by atoms with E-state index < -0.39 is 5.97 Å². The van der Waals surface area contributed by atoms with Gasteiger partial charge in [-0.3, -0.25) is 0 Å². The highest BCUT2D eigenvalue weighted by Gasteiger charge is 2.15. The maximum atomic E-state index is 11.0. The third-order valence-corrected chi connectivity index (χ3v) is 3.75. The van der Waals surface area contributed by atoms with Gasteiger partial charge in [-0.15, -0.1) is 0 Å². The number of carboxylic acids is 1. The van der Waals surface area contributed by atoms with Crippen molar-refractivity contribution in [2.75, 3.05) is 18.0 Å². The molecule has 0 fully saturated rings. The van der Waals surface area contributed by atoms with Crippen LogP contribution in [0.15, 0.2) is 42.6 Å². The zero-order chi connectivity index (χ0) is 13.9. The number of benzene rings is 1. The van der Waals surface area contributed by atoms with Gasteiger partial charge in [0.05, 0.1) is 0 Å². The molecular formula is C16H16N2O2. The molecule has 0 bridgehead atoms. The summed E-state index contributed by atoms with van der Waals surface area (Å²) in [4.78, 5) is 17.1. The summed E-state index contributed by atoms with van der Waals surface area (Å²) < 4.78 is 0. The largest absolute Gasteiger partial charge is 0.477 e. The van der Waals surface area contributed by atoms with Gasteiger partial charge in [-0.1, -0.05) is 24.3 Å². The van der Waals surface area contributed by atoms with Crippen molar-refractivity contribution < 1.29 is 9.90 Å². The first-order valence-electron chi connectivity index (χ1n) is 6.75. The summed E-state index contributed by atoms with van der Waals surface area (Å²) in [6.07, 6.45) is 3.54. The molecule has 4 heteroatoms. The van der Waals surface area contributed by atoms with Crippen LogP contribution in [-0.4, -0.2) is 29.1 Å². The topological polar surface area (TPSA) is 53.4 Å². The molecule has 3 rings (SSSR count). The predicted octanol–water partition coefficient (Wildman–Crippen LogP) is 2.39. The Morgan fingerprint density at radius 2 is 1.75 bits per heavy atom. The first-order valence-corrected chi connectivity index (χ1v) is 6.75. The third kappa shape index (κ3) is 2.50. The van der Waals surface area contributed by atoms with E-state index in [2.05, 4.69) is 34.1 Å². The molecule has 2 aromatic rings. The number of aromatic nitrogens is 1. The first-order chi connectivity index (χ1) is 9.74. The van der Waals surface area contributed by atoms with Crippen molar-refractivity contribution in [3.63, 3.8) is 0 Å². The van der Waals surface area contributed by atoms with Crippen LogP contribution in [0.2, 0.25) is 0 Å². The van der Waals surface area contributed by atoms with Crippen LogP contribution in [0.4, 0.5) is 5.69 Å². The molecule has 0 spiro atoms. The molecule has 0 aliphatic carbocycles. The van der Waals surface area contributed by atoms with Gasteiger partial charge in [-0.25, -0.2) is 9.78 Å². The molecule has 1 aliphatic heterocycles. The number of anilines is 1. The standard InChI is InChI=1S/C16H16N2O2/c19-16(20)15-11-14(5-8-17-15)18-9-6-12-3-1-2-4-13(12)7-10-18/h1-5,8,11H,6-7,9-10H2,(H,19,20). The normalized spacial score (nSPS) is 14.5. The van der Waals surface area contributed by atoms with Crippen molar-refractivity contribution in [3.05, 3.63) is 59.4 Å². The van der Waals surface area contributed by atoms with Crippen LogP contribution in [0.25, 0.3) is 0 Å². The molecule has 20 heavy (non-hydrogen) atoms. The molecule has 0 saturated carbocycles. The van der Waals surface area contributed by atoms with Gasteiger partial charge in [0.2, 0.25) is 0 Å². The maximum absolute atomic E-state index is 11.0. The predicted molar refractivity (Wildman–Crippen MR) is 77.3 cm³/mol. The van der Waals surface area contributed by atoms with Crippen molar-refractivity contribution in [2.45, 2.75) is 12.8 Å². The molecule has 0 amide bonds. The van der Waals surface area contributed by atoms with E-state index in [9.17, 15) is 4.79 Å². The number of rotatable bonds is 2. The minimum Gasteiger partial charge on any atom is -0.477 e. The monoisotopic (exact) mass is 268 g/mol. The number of fused-ring (bicyclic) bond motifs is 1. The van der Waals surface area contributed by atoms with E-state index in [1.807, 2.05) is 6.07 Å². The van der Waals surface area contributed by atoms with E-state index in [-0.39, 0.29) is 5.69 Å². The zero-order valence-electron chi connectivity index (χ0n) is 11.1. The molecule has 1 aromatic heterocycles. The minimum absolute atomic E-state index is 0.101. The van der Waals surface area contributed by atoms with Gasteiger partial charge in [-0.2, -0.15) is 0 Å². The molecule has 0 radical (unpaired) electrons. The van der Waals surface area contributed by atoms with E-state index in [0.717, 1.165) is 31.6 Å². The minimum atomic E-state index is -0.982. The van der Waals surface area contributed by atoms with E-state index in [1.54, 1.807) is 12.3 Å². The van der Waals surface area contributed by atoms with Crippen molar-refractivity contribution in [1.29, 1.82) is 0 Å². The summed E-state index contributed by atoms with van der Waals surface area (Å²) in [6, 6.07) is 12.0. The van der Waals surface area contributed by atoms with Crippen LogP contribution < -0.4 is 4.90 Å². The molecular weight excluding hydrogens is 252 g/mol. The van der Waals surface area contributed by atoms with Crippen LogP contribution in [-0.2, 0) is 12.8 Å². The number of carboxylic acid groups (broad SMARTS) is 1. The van der Waals surface area contributed by atoms with Crippen molar-refractivity contribution >= 4 is 11.7 Å². The number of aromatic carboxylic acids is 1. The maximum Gasteiger partial charge on any atom is 0.354 e. The SMILES string of the molecule is O=C(O)c1cc(N2CCc3ccccc3CC2)ccn1. The van der Waals surface area contributed by atoms with E-state index in [1.165, 1.54) is 11.1 Å². The lowest BCUT2D eigenvalue weighted by Gasteiger charge is -2.22. The summed E-state index contributed by atoms with van der Waals surface area (Å²) in [7, 11) is 0. The summed E-state index contributed by atoms with van der Waals surface area (Å²) in [5, 5.41) is 9.02. The van der Waals surface area contributed by atoms with Gasteiger partial charge in [-0.05, 0) is 36.1 Å². The molecule has 1 aliphatic rings. The fraction of sp³-hybridized carbons (Fsp3) is 0.250. The van der Waals surface area contributed by atoms with Gasteiger partial charge in [0.1, 0.15) is 5.69 Å². The summed E-state index contributed by atoms with van der Waals surface area (Å²) in [5.41, 5.74) is 3.82. The quantitative estimate of drug-likeness (QED) is 0.908. The Morgan fingerprint density at radius 1 is 1.10 bits per heavy atom. The molecule has 2 heterocycles. The van der Waals surface area contributed by atoms with Crippen LogP contribution in [0.5, 0.6) is 0 Å².